The zero-order chi connectivity index (χ0) is 26.2. The minimum Gasteiger partial charge on any atom is -0.748 e. The molecular formula is C14H13F3N6Na2O8S4. The first-order valence-corrected chi connectivity index (χ1v) is 13.5. The summed E-state index contributed by atoms with van der Waals surface area (Å²) in [4.78, 5) is 37.7. The Kier molecular flexibility index (Phi) is 12.8. The van der Waals surface area contributed by atoms with Crippen molar-refractivity contribution in [2.24, 2.45) is 0 Å². The number of thioether (sulfide) groups is 3. The van der Waals surface area contributed by atoms with E-state index in [-0.39, 0.29) is 75.6 Å². The maximum Gasteiger partial charge on any atom is 1.00 e. The quantitative estimate of drug-likeness (QED) is 0.0815. The van der Waals surface area contributed by atoms with E-state index >= 15 is 0 Å². The first kappa shape index (κ1) is 35.0. The topological polar surface area (TPSA) is 210 Å². The number of aromatic nitrogens is 4. The maximum absolute atomic E-state index is 13.0. The number of amides is 2. The van der Waals surface area contributed by atoms with Gasteiger partial charge in [-0.2, -0.15) is 13.2 Å². The third-order valence-electron chi connectivity index (χ3n) is 4.59. The Morgan fingerprint density at radius 2 is 2.05 bits per heavy atom. The molecule has 2 N–H and O–H groups in total. The first-order chi connectivity index (χ1) is 16.2. The molecule has 2 amide bonds. The van der Waals surface area contributed by atoms with Crippen LogP contribution in [0, 0.1) is 0 Å². The van der Waals surface area contributed by atoms with Crippen molar-refractivity contribution in [3.63, 3.8) is 0 Å². The van der Waals surface area contributed by atoms with Crippen LogP contribution >= 0.6 is 35.3 Å². The summed E-state index contributed by atoms with van der Waals surface area (Å²) in [6.07, 6.45) is 0. The minimum absolute atomic E-state index is 0. The van der Waals surface area contributed by atoms with E-state index in [4.69, 9.17) is 4.74 Å². The van der Waals surface area contributed by atoms with Crippen LogP contribution in [0.5, 0.6) is 0 Å². The van der Waals surface area contributed by atoms with Gasteiger partial charge in [0.1, 0.15) is 5.37 Å². The Morgan fingerprint density at radius 1 is 1.41 bits per heavy atom. The van der Waals surface area contributed by atoms with Gasteiger partial charge >= 0.3 is 64.6 Å². The number of ether oxygens (including phenoxy) is 1. The standard InChI is InChI=1S/C14H15F3N6O8S4.2Na/c1-31-13(18-7(24)3-33-14(15,16)17)10(27)23-8(9(25)26)5(2-32-11(13)23)6(4-35(28,29)30)34-12-19-21-22-20-12;;/h6,11H,2-4H2,1H3,(H,18,24)(H,25,26)(H,28,29,30)(H,19,20,21,22);;/q;2*+1/p-2/t6?,11-,13-;;/m0../s1. The number of β-lactam (4-membered cyclic amide) rings is 1. The van der Waals surface area contributed by atoms with E-state index in [0.29, 0.717) is 16.7 Å². The van der Waals surface area contributed by atoms with E-state index in [1.165, 1.54) is 0 Å². The number of carboxylic acids is 1. The van der Waals surface area contributed by atoms with Crippen molar-refractivity contribution in [2.45, 2.75) is 27.0 Å². The van der Waals surface area contributed by atoms with E-state index in [0.717, 1.165) is 18.9 Å². The third kappa shape index (κ3) is 8.22. The van der Waals surface area contributed by atoms with Gasteiger partial charge in [-0.25, -0.2) is 13.5 Å². The van der Waals surface area contributed by atoms with Gasteiger partial charge in [-0.1, -0.05) is 11.8 Å². The van der Waals surface area contributed by atoms with Crippen LogP contribution in [0.3, 0.4) is 0 Å². The second-order valence-electron chi connectivity index (χ2n) is 6.76. The molecule has 37 heavy (non-hydrogen) atoms. The molecule has 3 heterocycles. The van der Waals surface area contributed by atoms with Gasteiger partial charge in [0.15, 0.2) is 0 Å². The molecule has 3 rings (SSSR count). The Balaban J connectivity index is 0.00000342. The van der Waals surface area contributed by atoms with Gasteiger partial charge in [0.2, 0.25) is 11.1 Å². The molecule has 3 atom stereocenters. The van der Waals surface area contributed by atoms with Gasteiger partial charge in [-0.3, -0.25) is 14.5 Å². The first-order valence-electron chi connectivity index (χ1n) is 8.99. The third-order valence-corrected chi connectivity index (χ3v) is 8.75. The summed E-state index contributed by atoms with van der Waals surface area (Å²) >= 11 is 0.801. The number of carbonyl (C=O) groups is 3. The molecule has 0 saturated carbocycles. The fourth-order valence-electron chi connectivity index (χ4n) is 3.26. The van der Waals surface area contributed by atoms with E-state index in [9.17, 15) is 45.6 Å². The summed E-state index contributed by atoms with van der Waals surface area (Å²) in [6.45, 7) is 0. The normalized spacial score (nSPS) is 22.2. The van der Waals surface area contributed by atoms with Crippen LogP contribution in [0.15, 0.2) is 16.4 Å². The number of tetrazole rings is 1. The number of hydrogen-bond donors (Lipinski definition) is 2. The van der Waals surface area contributed by atoms with Crippen molar-refractivity contribution in [1.29, 1.82) is 0 Å². The number of rotatable bonds is 10. The van der Waals surface area contributed by atoms with Crippen LogP contribution < -0.4 is 69.5 Å². The van der Waals surface area contributed by atoms with Crippen molar-refractivity contribution in [3.8, 4) is 0 Å². The SMILES string of the molecule is CO[C@@]1(NC(=O)CSC(F)(F)F)C(=O)N2C(C(=O)[O-])=C(C(CS(=O)(=O)[O-])Sc3nnn[nH]3)CS[C@H]21.[Na+].[Na+]. The predicted octanol–water partition coefficient (Wildman–Crippen LogP) is -8.16. The van der Waals surface area contributed by atoms with Crippen LogP contribution in [0.4, 0.5) is 13.2 Å². The average Bonchev–Trinajstić information content (AvgIpc) is 3.25. The molecular weight excluding hydrogens is 611 g/mol. The fourth-order valence-corrected chi connectivity index (χ4v) is 7.37. The second-order valence-corrected chi connectivity index (χ2v) is 11.5. The molecule has 0 bridgehead atoms. The molecule has 2 aliphatic heterocycles. The number of H-pyrrole nitrogens is 1. The zero-order valence-corrected chi connectivity index (χ0v) is 26.4. The summed E-state index contributed by atoms with van der Waals surface area (Å²) in [6, 6.07) is 0. The smallest absolute Gasteiger partial charge is 0.748 e. The van der Waals surface area contributed by atoms with Crippen molar-refractivity contribution in [3.05, 3.63) is 11.3 Å². The van der Waals surface area contributed by atoms with Crippen molar-refractivity contribution in [2.75, 3.05) is 24.4 Å². The number of nitrogens with zero attached hydrogens (tertiary/aromatic N) is 4. The molecule has 1 aromatic rings. The van der Waals surface area contributed by atoms with Gasteiger partial charge in [0, 0.05) is 18.1 Å². The fraction of sp³-hybridized carbons (Fsp3) is 0.571. The molecule has 0 aliphatic carbocycles. The second kappa shape index (κ2) is 13.5. The molecule has 23 heteroatoms. The van der Waals surface area contributed by atoms with Gasteiger partial charge < -0.3 is 24.5 Å². The predicted molar refractivity (Wildman–Crippen MR) is 110 cm³/mol. The van der Waals surface area contributed by atoms with Crippen LogP contribution in [0.2, 0.25) is 0 Å². The average molecular weight is 625 g/mol. The summed E-state index contributed by atoms with van der Waals surface area (Å²) in [5.74, 6) is -6.68. The number of carbonyl (C=O) groups excluding carboxylic acids is 3. The number of aliphatic carboxylic acids is 1. The van der Waals surface area contributed by atoms with Gasteiger partial charge in [0.05, 0.1) is 33.3 Å². The monoisotopic (exact) mass is 624 g/mol. The Hall–Kier alpha value is -0.0700. The van der Waals surface area contributed by atoms with Crippen molar-refractivity contribution in [1.82, 2.24) is 30.8 Å². The number of methoxy groups -OCH3 is 1. The number of aromatic amines is 1. The van der Waals surface area contributed by atoms with E-state index in [2.05, 4.69) is 25.9 Å². The largest absolute Gasteiger partial charge is 1.00 e. The molecule has 0 radical (unpaired) electrons. The van der Waals surface area contributed by atoms with E-state index in [1.54, 1.807) is 0 Å². The number of alkyl halides is 3. The number of nitrogens with one attached hydrogen (secondary N) is 2. The molecule has 0 spiro atoms. The molecule has 0 aromatic carbocycles. The Morgan fingerprint density at radius 3 is 2.54 bits per heavy atom. The molecule has 194 valence electrons. The van der Waals surface area contributed by atoms with Crippen LogP contribution in [-0.4, -0.2) is 103 Å². The maximum atomic E-state index is 13.0. The molecule has 1 fully saturated rings. The Labute approximate surface area is 263 Å². The van der Waals surface area contributed by atoms with Gasteiger partial charge in [-0.15, -0.1) is 16.9 Å². The van der Waals surface area contributed by atoms with Crippen molar-refractivity contribution < 1.29 is 109 Å². The summed E-state index contributed by atoms with van der Waals surface area (Å²) in [7, 11) is -3.91. The summed E-state index contributed by atoms with van der Waals surface area (Å²) in [5.41, 5.74) is -7.83. The van der Waals surface area contributed by atoms with E-state index in [1.807, 2.05) is 0 Å². The molecule has 1 aromatic heterocycles. The van der Waals surface area contributed by atoms with E-state index < -0.39 is 78.7 Å². The summed E-state index contributed by atoms with van der Waals surface area (Å²) < 4.78 is 76.7. The molecule has 14 nitrogen and oxygen atoms in total. The Bertz CT molecular complexity index is 1160. The molecule has 2 aliphatic rings. The number of hydrogen-bond acceptors (Lipinski definition) is 14. The van der Waals surface area contributed by atoms with Crippen molar-refractivity contribution >= 4 is 63.2 Å². The minimum atomic E-state index is -4.90. The number of fused-ring (bicyclic) bond motifs is 1. The molecule has 1 unspecified atom stereocenters. The molecule has 1 saturated heterocycles. The van der Waals surface area contributed by atoms with Gasteiger partial charge in [-0.05, 0) is 27.8 Å². The zero-order valence-electron chi connectivity index (χ0n) is 19.1. The number of carboxylic acid groups (broad SMARTS) is 1. The summed E-state index contributed by atoms with van der Waals surface area (Å²) in [5, 5.41) is 23.9. The van der Waals surface area contributed by atoms with Crippen LogP contribution in [0.1, 0.15) is 0 Å². The van der Waals surface area contributed by atoms with Crippen LogP contribution in [-0.2, 0) is 29.2 Å². The number of halogens is 3. The van der Waals surface area contributed by atoms with Gasteiger partial charge in [0.25, 0.3) is 11.6 Å². The van der Waals surface area contributed by atoms with Crippen LogP contribution in [0.25, 0.3) is 0 Å².